The molecule has 1 unspecified atom stereocenters. The lowest BCUT2D eigenvalue weighted by Gasteiger charge is -2.38. The Morgan fingerprint density at radius 3 is 2.52 bits per heavy atom. The van der Waals surface area contributed by atoms with Crippen molar-refractivity contribution in [2.45, 2.75) is 20.0 Å². The number of halogens is 1. The zero-order valence-electron chi connectivity index (χ0n) is 17.5. The van der Waals surface area contributed by atoms with Gasteiger partial charge >= 0.3 is 0 Å². The Morgan fingerprint density at radius 2 is 1.84 bits per heavy atom. The molecular weight excluding hydrogens is 418 g/mol. The van der Waals surface area contributed by atoms with Crippen molar-refractivity contribution in [2.24, 2.45) is 0 Å². The minimum absolute atomic E-state index is 0.0853. The van der Waals surface area contributed by atoms with Crippen molar-refractivity contribution >= 4 is 40.6 Å². The van der Waals surface area contributed by atoms with Gasteiger partial charge in [-0.05, 0) is 50.2 Å². The number of amides is 2. The fraction of sp³-hybridized carbons (Fsp3) is 0.348. The second kappa shape index (κ2) is 8.59. The molecule has 1 fully saturated rings. The van der Waals surface area contributed by atoms with Crippen LogP contribution in [0.5, 0.6) is 5.75 Å². The highest BCUT2D eigenvalue weighted by molar-refractivity contribution is 6.30. The first-order valence-corrected chi connectivity index (χ1v) is 10.6. The Bertz CT molecular complexity index is 1030. The van der Waals surface area contributed by atoms with Crippen LogP contribution in [-0.2, 0) is 9.59 Å². The van der Waals surface area contributed by atoms with E-state index in [0.29, 0.717) is 48.2 Å². The molecule has 1 atom stereocenters. The van der Waals surface area contributed by atoms with Crippen LogP contribution >= 0.6 is 11.6 Å². The number of ether oxygens (including phenoxy) is 1. The molecule has 31 heavy (non-hydrogen) atoms. The lowest BCUT2D eigenvalue weighted by atomic mass is 10.1. The number of rotatable bonds is 4. The van der Waals surface area contributed by atoms with Gasteiger partial charge < -0.3 is 14.5 Å². The van der Waals surface area contributed by atoms with Crippen LogP contribution in [0.3, 0.4) is 0 Å². The SMILES string of the molecule is CC(=O)c1ccc2c(c1)N(CC(=O)N1CCN(c3cccc(Cl)c3)CC1)C(=O)C(C)O2. The zero-order chi connectivity index (χ0) is 22.1. The van der Waals surface area contributed by atoms with Gasteiger partial charge in [0.25, 0.3) is 5.91 Å². The molecule has 2 heterocycles. The van der Waals surface area contributed by atoms with E-state index in [1.54, 1.807) is 30.0 Å². The summed E-state index contributed by atoms with van der Waals surface area (Å²) in [6.07, 6.45) is -0.692. The Kier molecular flexibility index (Phi) is 5.87. The van der Waals surface area contributed by atoms with E-state index in [2.05, 4.69) is 4.90 Å². The van der Waals surface area contributed by atoms with E-state index in [4.69, 9.17) is 16.3 Å². The number of anilines is 2. The van der Waals surface area contributed by atoms with Gasteiger partial charge in [0.05, 0.1) is 5.69 Å². The second-order valence-corrected chi connectivity index (χ2v) is 8.21. The fourth-order valence-corrected chi connectivity index (χ4v) is 4.10. The van der Waals surface area contributed by atoms with Crippen molar-refractivity contribution in [3.05, 3.63) is 53.1 Å². The molecule has 1 saturated heterocycles. The van der Waals surface area contributed by atoms with E-state index in [1.807, 2.05) is 24.3 Å². The van der Waals surface area contributed by atoms with E-state index < -0.39 is 6.10 Å². The Hall–Kier alpha value is -3.06. The summed E-state index contributed by atoms with van der Waals surface area (Å²) in [4.78, 5) is 43.0. The summed E-state index contributed by atoms with van der Waals surface area (Å²) in [6, 6.07) is 12.6. The number of fused-ring (bicyclic) bond motifs is 1. The minimum Gasteiger partial charge on any atom is -0.479 e. The molecule has 0 spiro atoms. The molecule has 2 amide bonds. The van der Waals surface area contributed by atoms with Gasteiger partial charge in [0.1, 0.15) is 12.3 Å². The van der Waals surface area contributed by atoms with Gasteiger partial charge in [-0.3, -0.25) is 19.3 Å². The molecule has 0 saturated carbocycles. The molecule has 2 aliphatic rings. The predicted octanol–water partition coefficient (Wildman–Crippen LogP) is 3.01. The van der Waals surface area contributed by atoms with Crippen LogP contribution in [0.15, 0.2) is 42.5 Å². The largest absolute Gasteiger partial charge is 0.479 e. The number of ketones is 1. The molecule has 4 rings (SSSR count). The van der Waals surface area contributed by atoms with Gasteiger partial charge in [0.2, 0.25) is 5.91 Å². The van der Waals surface area contributed by atoms with E-state index in [9.17, 15) is 14.4 Å². The molecule has 7 nitrogen and oxygen atoms in total. The first-order valence-electron chi connectivity index (χ1n) is 10.2. The summed E-state index contributed by atoms with van der Waals surface area (Å²) in [5.74, 6) is -0.0422. The number of carbonyl (C=O) groups excluding carboxylic acids is 3. The summed E-state index contributed by atoms with van der Waals surface area (Å²) < 4.78 is 5.66. The number of carbonyl (C=O) groups is 3. The van der Waals surface area contributed by atoms with E-state index in [1.165, 1.54) is 11.8 Å². The maximum Gasteiger partial charge on any atom is 0.268 e. The summed E-state index contributed by atoms with van der Waals surface area (Å²) in [5.41, 5.74) is 1.96. The molecule has 2 aromatic rings. The summed E-state index contributed by atoms with van der Waals surface area (Å²) in [7, 11) is 0. The Morgan fingerprint density at radius 1 is 1.10 bits per heavy atom. The number of benzene rings is 2. The molecule has 0 aromatic heterocycles. The molecule has 0 N–H and O–H groups in total. The highest BCUT2D eigenvalue weighted by atomic mass is 35.5. The van der Waals surface area contributed by atoms with Gasteiger partial charge in [-0.1, -0.05) is 17.7 Å². The van der Waals surface area contributed by atoms with Crippen LogP contribution in [0.1, 0.15) is 24.2 Å². The van der Waals surface area contributed by atoms with E-state index in [0.717, 1.165) is 5.69 Å². The lowest BCUT2D eigenvalue weighted by Crippen LogP contribution is -2.54. The molecule has 8 heteroatoms. The summed E-state index contributed by atoms with van der Waals surface area (Å²) >= 11 is 6.09. The third-order valence-electron chi connectivity index (χ3n) is 5.67. The Labute approximate surface area is 186 Å². The topological polar surface area (TPSA) is 70.2 Å². The van der Waals surface area contributed by atoms with Crippen LogP contribution in [0, 0.1) is 0 Å². The molecular formula is C23H24ClN3O4. The van der Waals surface area contributed by atoms with Gasteiger partial charge in [0.15, 0.2) is 11.9 Å². The number of Topliss-reactive ketones (excluding diaryl/α,β-unsaturated/α-hetero) is 1. The van der Waals surface area contributed by atoms with E-state index >= 15 is 0 Å². The molecule has 2 aromatic carbocycles. The smallest absolute Gasteiger partial charge is 0.268 e. The normalized spacial score (nSPS) is 18.5. The van der Waals surface area contributed by atoms with Crippen LogP contribution in [0.2, 0.25) is 5.02 Å². The molecule has 0 radical (unpaired) electrons. The Balaban J connectivity index is 1.47. The summed E-state index contributed by atoms with van der Waals surface area (Å²) in [6.45, 7) is 5.52. The van der Waals surface area contributed by atoms with Crippen LogP contribution in [0.25, 0.3) is 0 Å². The second-order valence-electron chi connectivity index (χ2n) is 7.77. The maximum atomic E-state index is 13.0. The number of hydrogen-bond donors (Lipinski definition) is 0. The molecule has 0 aliphatic carbocycles. The van der Waals surface area contributed by atoms with Crippen molar-refractivity contribution < 1.29 is 19.1 Å². The average Bonchev–Trinajstić information content (AvgIpc) is 2.76. The van der Waals surface area contributed by atoms with E-state index in [-0.39, 0.29) is 24.1 Å². The van der Waals surface area contributed by atoms with Crippen molar-refractivity contribution in [1.82, 2.24) is 4.90 Å². The van der Waals surface area contributed by atoms with Crippen molar-refractivity contribution in [3.8, 4) is 5.75 Å². The first kappa shape index (κ1) is 21.2. The van der Waals surface area contributed by atoms with Crippen molar-refractivity contribution in [2.75, 3.05) is 42.5 Å². The molecule has 0 bridgehead atoms. The van der Waals surface area contributed by atoms with Gasteiger partial charge in [-0.2, -0.15) is 0 Å². The quantitative estimate of drug-likeness (QED) is 0.682. The third-order valence-corrected chi connectivity index (χ3v) is 5.91. The molecule has 2 aliphatic heterocycles. The molecule has 162 valence electrons. The highest BCUT2D eigenvalue weighted by Crippen LogP contribution is 2.35. The van der Waals surface area contributed by atoms with Crippen LogP contribution in [-0.4, -0.2) is 61.3 Å². The third kappa shape index (κ3) is 4.37. The monoisotopic (exact) mass is 441 g/mol. The van der Waals surface area contributed by atoms with Crippen molar-refractivity contribution in [1.29, 1.82) is 0 Å². The van der Waals surface area contributed by atoms with Crippen LogP contribution < -0.4 is 14.5 Å². The maximum absolute atomic E-state index is 13.0. The number of nitrogens with zero attached hydrogens (tertiary/aromatic N) is 3. The summed E-state index contributed by atoms with van der Waals surface area (Å²) in [5, 5.41) is 0.680. The zero-order valence-corrected chi connectivity index (χ0v) is 18.3. The average molecular weight is 442 g/mol. The van der Waals surface area contributed by atoms with Crippen LogP contribution in [0.4, 0.5) is 11.4 Å². The number of piperazine rings is 1. The number of hydrogen-bond acceptors (Lipinski definition) is 5. The highest BCUT2D eigenvalue weighted by Gasteiger charge is 2.34. The van der Waals surface area contributed by atoms with Gasteiger partial charge in [-0.15, -0.1) is 0 Å². The predicted molar refractivity (Wildman–Crippen MR) is 119 cm³/mol. The minimum atomic E-state index is -0.692. The van der Waals surface area contributed by atoms with Gasteiger partial charge in [0, 0.05) is 42.5 Å². The van der Waals surface area contributed by atoms with Crippen molar-refractivity contribution in [3.63, 3.8) is 0 Å². The lowest BCUT2D eigenvalue weighted by molar-refractivity contribution is -0.133. The first-order chi connectivity index (χ1) is 14.8. The fourth-order valence-electron chi connectivity index (χ4n) is 3.91. The van der Waals surface area contributed by atoms with Gasteiger partial charge in [-0.25, -0.2) is 0 Å². The standard InChI is InChI=1S/C23H24ClN3O4/c1-15(28)17-6-7-21-20(12-17)27(23(30)16(2)31-21)14-22(29)26-10-8-25(9-11-26)19-5-3-4-18(24)13-19/h3-7,12-13,16H,8-11,14H2,1-2H3.